The number of phenolic OH excluding ortho intramolecular Hbond substituents is 1. The van der Waals surface area contributed by atoms with Gasteiger partial charge in [-0.1, -0.05) is 12.1 Å². The Kier molecular flexibility index (Phi) is 7.98. The number of aliphatic imine (C=N–C) groups is 1. The zero-order chi connectivity index (χ0) is 22.1. The molecule has 0 radical (unpaired) electrons. The number of aromatic hydroxyl groups is 1. The Balaban J connectivity index is 1.49. The van der Waals surface area contributed by atoms with Gasteiger partial charge in [0.1, 0.15) is 11.5 Å². The van der Waals surface area contributed by atoms with Crippen LogP contribution in [0.5, 0.6) is 11.5 Å². The Labute approximate surface area is 183 Å². The van der Waals surface area contributed by atoms with Crippen LogP contribution in [0, 0.1) is 0 Å². The van der Waals surface area contributed by atoms with Crippen molar-refractivity contribution in [2.45, 2.75) is 6.92 Å². The fourth-order valence-electron chi connectivity index (χ4n) is 3.49. The Hall–Kier alpha value is -3.42. The van der Waals surface area contributed by atoms with Gasteiger partial charge in [-0.25, -0.2) is 0 Å². The topological polar surface area (TPSA) is 89.4 Å². The highest BCUT2D eigenvalue weighted by molar-refractivity contribution is 5.94. The van der Waals surface area contributed by atoms with Gasteiger partial charge in [0.05, 0.1) is 19.3 Å². The third-order valence-electron chi connectivity index (χ3n) is 5.15. The lowest BCUT2D eigenvalue weighted by Gasteiger charge is -2.37. The van der Waals surface area contributed by atoms with E-state index in [1.54, 1.807) is 37.4 Å². The first kappa shape index (κ1) is 22.3. The third-order valence-corrected chi connectivity index (χ3v) is 5.15. The van der Waals surface area contributed by atoms with Crippen molar-refractivity contribution in [2.24, 2.45) is 4.99 Å². The second-order valence-corrected chi connectivity index (χ2v) is 7.18. The van der Waals surface area contributed by atoms with Crippen molar-refractivity contribution in [1.82, 2.24) is 15.5 Å². The largest absolute Gasteiger partial charge is 0.506 e. The fourth-order valence-corrected chi connectivity index (χ4v) is 3.49. The number of hydrogen-bond acceptors (Lipinski definition) is 5. The van der Waals surface area contributed by atoms with Crippen LogP contribution in [0.15, 0.2) is 53.5 Å². The molecule has 1 fully saturated rings. The molecule has 1 saturated heterocycles. The summed E-state index contributed by atoms with van der Waals surface area (Å²) in [5.74, 6) is 1.75. The highest BCUT2D eigenvalue weighted by Gasteiger charge is 2.21. The van der Waals surface area contributed by atoms with Crippen molar-refractivity contribution < 1.29 is 14.6 Å². The number of amides is 1. The van der Waals surface area contributed by atoms with Crippen LogP contribution in [0.2, 0.25) is 0 Å². The Bertz CT molecular complexity index is 877. The highest BCUT2D eigenvalue weighted by atomic mass is 16.5. The van der Waals surface area contributed by atoms with E-state index in [1.165, 1.54) is 0 Å². The quantitative estimate of drug-likeness (QED) is 0.357. The number of nitrogens with zero attached hydrogens (tertiary/aromatic N) is 3. The van der Waals surface area contributed by atoms with Gasteiger partial charge in [-0.15, -0.1) is 0 Å². The molecule has 3 N–H and O–H groups in total. The molecule has 1 heterocycles. The van der Waals surface area contributed by atoms with E-state index in [1.807, 2.05) is 25.1 Å². The van der Waals surface area contributed by atoms with Crippen LogP contribution in [-0.4, -0.2) is 74.8 Å². The summed E-state index contributed by atoms with van der Waals surface area (Å²) in [5, 5.41) is 16.3. The summed E-state index contributed by atoms with van der Waals surface area (Å²) in [7, 11) is 1.60. The van der Waals surface area contributed by atoms with Gasteiger partial charge in [0, 0.05) is 44.8 Å². The van der Waals surface area contributed by atoms with Gasteiger partial charge < -0.3 is 30.3 Å². The number of hydrogen-bond donors (Lipinski definition) is 3. The molecular formula is C23H31N5O3. The molecule has 1 aliphatic heterocycles. The van der Waals surface area contributed by atoms with E-state index < -0.39 is 0 Å². The molecule has 3 rings (SSSR count). The Morgan fingerprint density at radius 3 is 2.42 bits per heavy atom. The molecule has 0 bridgehead atoms. The van der Waals surface area contributed by atoms with Crippen molar-refractivity contribution in [2.75, 3.05) is 57.8 Å². The fraction of sp³-hybridized carbons (Fsp3) is 0.391. The van der Waals surface area contributed by atoms with Crippen LogP contribution in [0.4, 0.5) is 5.69 Å². The number of nitrogens with one attached hydrogen (secondary N) is 2. The summed E-state index contributed by atoms with van der Waals surface area (Å²) in [4.78, 5) is 21.3. The molecule has 2 aromatic carbocycles. The van der Waals surface area contributed by atoms with Crippen LogP contribution in [-0.2, 0) is 0 Å². The number of ether oxygens (including phenoxy) is 1. The minimum absolute atomic E-state index is 0.126. The van der Waals surface area contributed by atoms with Crippen molar-refractivity contribution in [1.29, 1.82) is 0 Å². The molecule has 2 aromatic rings. The van der Waals surface area contributed by atoms with E-state index in [4.69, 9.17) is 4.74 Å². The maximum atomic E-state index is 12.3. The van der Waals surface area contributed by atoms with Crippen LogP contribution in [0.25, 0.3) is 0 Å². The van der Waals surface area contributed by atoms with Crippen molar-refractivity contribution in [3.05, 3.63) is 54.1 Å². The summed E-state index contributed by atoms with van der Waals surface area (Å²) in [6.45, 7) is 6.97. The molecule has 0 aliphatic carbocycles. The van der Waals surface area contributed by atoms with Crippen LogP contribution in [0.1, 0.15) is 17.3 Å². The monoisotopic (exact) mass is 425 g/mol. The maximum Gasteiger partial charge on any atom is 0.251 e. The van der Waals surface area contributed by atoms with E-state index in [0.29, 0.717) is 24.4 Å². The minimum atomic E-state index is -0.126. The van der Waals surface area contributed by atoms with Gasteiger partial charge in [0.25, 0.3) is 5.91 Å². The molecule has 0 spiro atoms. The van der Waals surface area contributed by atoms with Gasteiger partial charge in [-0.05, 0) is 43.3 Å². The van der Waals surface area contributed by atoms with Crippen LogP contribution in [0.3, 0.4) is 0 Å². The molecule has 31 heavy (non-hydrogen) atoms. The molecule has 0 atom stereocenters. The molecule has 8 heteroatoms. The van der Waals surface area contributed by atoms with Crippen LogP contribution < -0.4 is 20.3 Å². The number of carbonyl (C=O) groups excluding carboxylic acids is 1. The number of carbonyl (C=O) groups is 1. The van der Waals surface area contributed by atoms with Gasteiger partial charge in [0.2, 0.25) is 0 Å². The molecule has 0 aromatic heterocycles. The average molecular weight is 426 g/mol. The number of phenols is 1. The summed E-state index contributed by atoms with van der Waals surface area (Å²) in [6.07, 6.45) is 0. The number of rotatable bonds is 7. The van der Waals surface area contributed by atoms with E-state index in [9.17, 15) is 9.90 Å². The predicted molar refractivity (Wildman–Crippen MR) is 123 cm³/mol. The standard InChI is InChI=1S/C23H31N5O3/c1-3-24-23(26-13-12-25-22(30)18-8-10-19(31-2)11-9-18)28-16-14-27(15-17-28)20-6-4-5-7-21(20)29/h4-11,29H,3,12-17H2,1-2H3,(H,24,26)(H,25,30). The van der Waals surface area contributed by atoms with Crippen molar-refractivity contribution >= 4 is 17.6 Å². The van der Waals surface area contributed by atoms with E-state index in [2.05, 4.69) is 25.4 Å². The Morgan fingerprint density at radius 1 is 1.06 bits per heavy atom. The minimum Gasteiger partial charge on any atom is -0.506 e. The molecule has 8 nitrogen and oxygen atoms in total. The normalized spacial score (nSPS) is 14.3. The number of guanidine groups is 1. The molecule has 166 valence electrons. The number of anilines is 1. The van der Waals surface area contributed by atoms with E-state index >= 15 is 0 Å². The molecular weight excluding hydrogens is 394 g/mol. The second-order valence-electron chi connectivity index (χ2n) is 7.18. The molecule has 1 aliphatic rings. The van der Waals surface area contributed by atoms with Crippen LogP contribution >= 0.6 is 0 Å². The lowest BCUT2D eigenvalue weighted by atomic mass is 10.2. The summed E-state index contributed by atoms with van der Waals surface area (Å²) in [6, 6.07) is 14.4. The van der Waals surface area contributed by atoms with Gasteiger partial charge >= 0.3 is 0 Å². The Morgan fingerprint density at radius 2 is 1.77 bits per heavy atom. The van der Waals surface area contributed by atoms with Crippen molar-refractivity contribution in [3.8, 4) is 11.5 Å². The lowest BCUT2D eigenvalue weighted by Crippen LogP contribution is -2.52. The van der Waals surface area contributed by atoms with Crippen molar-refractivity contribution in [3.63, 3.8) is 0 Å². The SMILES string of the molecule is CCNC(=NCCNC(=O)c1ccc(OC)cc1)N1CCN(c2ccccc2O)CC1. The second kappa shape index (κ2) is 11.1. The number of methoxy groups -OCH3 is 1. The van der Waals surface area contributed by atoms with Gasteiger partial charge in [0.15, 0.2) is 5.96 Å². The van der Waals surface area contributed by atoms with E-state index in [0.717, 1.165) is 50.1 Å². The first-order chi connectivity index (χ1) is 15.1. The summed E-state index contributed by atoms with van der Waals surface area (Å²) in [5.41, 5.74) is 1.46. The number of benzene rings is 2. The molecule has 0 unspecified atom stereocenters. The zero-order valence-electron chi connectivity index (χ0n) is 18.2. The molecule has 1 amide bonds. The first-order valence-electron chi connectivity index (χ1n) is 10.6. The van der Waals surface area contributed by atoms with E-state index in [-0.39, 0.29) is 5.91 Å². The maximum absolute atomic E-state index is 12.3. The predicted octanol–water partition coefficient (Wildman–Crippen LogP) is 1.92. The third kappa shape index (κ3) is 6.04. The van der Waals surface area contributed by atoms with Gasteiger partial charge in [-0.3, -0.25) is 9.79 Å². The lowest BCUT2D eigenvalue weighted by molar-refractivity contribution is 0.0954. The number of para-hydroxylation sites is 2. The summed E-state index contributed by atoms with van der Waals surface area (Å²) >= 11 is 0. The van der Waals surface area contributed by atoms with Gasteiger partial charge in [-0.2, -0.15) is 0 Å². The highest BCUT2D eigenvalue weighted by Crippen LogP contribution is 2.27. The average Bonchev–Trinajstić information content (AvgIpc) is 2.81. The number of piperazine rings is 1. The smallest absolute Gasteiger partial charge is 0.251 e. The zero-order valence-corrected chi connectivity index (χ0v) is 18.2. The molecule has 0 saturated carbocycles. The summed E-state index contributed by atoms with van der Waals surface area (Å²) < 4.78 is 5.12. The first-order valence-corrected chi connectivity index (χ1v) is 10.6.